The molecule has 1 saturated heterocycles. The van der Waals surface area contributed by atoms with Gasteiger partial charge in [0.2, 0.25) is 0 Å². The first-order chi connectivity index (χ1) is 16.4. The minimum absolute atomic E-state index is 0.307. The summed E-state index contributed by atoms with van der Waals surface area (Å²) in [6.07, 6.45) is 2.30. The third kappa shape index (κ3) is 4.60. The number of likely N-dealkylation sites (tertiary alicyclic amines) is 1. The maximum Gasteiger partial charge on any atom is 0.0991 e. The van der Waals surface area contributed by atoms with Crippen molar-refractivity contribution in [1.29, 1.82) is 5.26 Å². The van der Waals surface area contributed by atoms with Crippen molar-refractivity contribution in [3.05, 3.63) is 104 Å². The van der Waals surface area contributed by atoms with Crippen LogP contribution in [0.5, 0.6) is 0 Å². The van der Waals surface area contributed by atoms with Crippen molar-refractivity contribution in [3.63, 3.8) is 0 Å². The molecule has 1 aliphatic heterocycles. The number of fused-ring (bicyclic) bond motifs is 1. The highest BCUT2D eigenvalue weighted by Gasteiger charge is 2.46. The maximum absolute atomic E-state index is 9.14. The van der Waals surface area contributed by atoms with Gasteiger partial charge < -0.3 is 0 Å². The van der Waals surface area contributed by atoms with Crippen LogP contribution < -0.4 is 0 Å². The lowest BCUT2D eigenvalue weighted by atomic mass is 9.63. The van der Waals surface area contributed by atoms with Crippen LogP contribution in [0.25, 0.3) is 0 Å². The van der Waals surface area contributed by atoms with Gasteiger partial charge in [-0.15, -0.1) is 0 Å². The molecule has 2 nitrogen and oxygen atoms in total. The van der Waals surface area contributed by atoms with Crippen LogP contribution in [-0.4, -0.2) is 18.0 Å². The zero-order valence-electron chi connectivity index (χ0n) is 19.1. The average molecular weight is 510 g/mol. The van der Waals surface area contributed by atoms with E-state index in [1.165, 1.54) is 23.1 Å². The molecule has 5 unspecified atom stereocenters. The lowest BCUT2D eigenvalue weighted by Crippen LogP contribution is -2.31. The quantitative estimate of drug-likeness (QED) is 0.352. The SMILES string of the molecule is CC(c1ccc(C#N)cc1)N1CC2CCC(c3ccc(Cl)cc3Cl)C(c3ccc(Cl)cc3)C2C1. The monoisotopic (exact) mass is 508 g/mol. The molecule has 3 aromatic rings. The van der Waals surface area contributed by atoms with Gasteiger partial charge in [-0.1, -0.05) is 65.1 Å². The summed E-state index contributed by atoms with van der Waals surface area (Å²) in [7, 11) is 0. The Hall–Kier alpha value is -2.02. The Kier molecular flexibility index (Phi) is 6.92. The average Bonchev–Trinajstić information content (AvgIpc) is 3.28. The first kappa shape index (κ1) is 23.7. The van der Waals surface area contributed by atoms with Gasteiger partial charge >= 0.3 is 0 Å². The van der Waals surface area contributed by atoms with E-state index in [0.29, 0.717) is 40.3 Å². The van der Waals surface area contributed by atoms with Crippen LogP contribution in [-0.2, 0) is 0 Å². The highest BCUT2D eigenvalue weighted by molar-refractivity contribution is 6.35. The second-order valence-corrected chi connectivity index (χ2v) is 11.0. The van der Waals surface area contributed by atoms with Gasteiger partial charge in [0.15, 0.2) is 0 Å². The zero-order chi connectivity index (χ0) is 23.8. The highest BCUT2D eigenvalue weighted by Crippen LogP contribution is 2.54. The topological polar surface area (TPSA) is 27.0 Å². The molecule has 0 N–H and O–H groups in total. The fourth-order valence-corrected chi connectivity index (χ4v) is 6.87. The number of hydrogen-bond donors (Lipinski definition) is 0. The van der Waals surface area contributed by atoms with Crippen LogP contribution in [0, 0.1) is 23.2 Å². The van der Waals surface area contributed by atoms with Crippen molar-refractivity contribution in [2.45, 2.75) is 37.6 Å². The van der Waals surface area contributed by atoms with Gasteiger partial charge in [0, 0.05) is 34.2 Å². The molecule has 0 spiro atoms. The Morgan fingerprint density at radius 2 is 1.59 bits per heavy atom. The van der Waals surface area contributed by atoms with Crippen LogP contribution in [0.15, 0.2) is 66.7 Å². The fourth-order valence-electron chi connectivity index (χ4n) is 6.19. The molecule has 0 amide bonds. The molecular formula is C29H27Cl3N2. The Balaban J connectivity index is 1.47. The summed E-state index contributed by atoms with van der Waals surface area (Å²) in [5.74, 6) is 1.89. The van der Waals surface area contributed by atoms with E-state index in [-0.39, 0.29) is 0 Å². The normalized spacial score (nSPS) is 25.5. The van der Waals surface area contributed by atoms with E-state index in [2.05, 4.69) is 48.2 Å². The Morgan fingerprint density at radius 3 is 2.26 bits per heavy atom. The van der Waals surface area contributed by atoms with Crippen LogP contribution in [0.3, 0.4) is 0 Å². The smallest absolute Gasteiger partial charge is 0.0991 e. The summed E-state index contributed by atoms with van der Waals surface area (Å²) in [5.41, 5.74) is 4.50. The second-order valence-electron chi connectivity index (χ2n) is 9.71. The van der Waals surface area contributed by atoms with Crippen LogP contribution in [0.1, 0.15) is 59.9 Å². The van der Waals surface area contributed by atoms with Crippen molar-refractivity contribution in [2.24, 2.45) is 11.8 Å². The molecule has 3 aromatic carbocycles. The van der Waals surface area contributed by atoms with Crippen molar-refractivity contribution in [3.8, 4) is 6.07 Å². The van der Waals surface area contributed by atoms with Crippen LogP contribution >= 0.6 is 34.8 Å². The lowest BCUT2D eigenvalue weighted by Gasteiger charge is -2.41. The molecule has 174 valence electrons. The maximum atomic E-state index is 9.14. The van der Waals surface area contributed by atoms with E-state index in [9.17, 15) is 0 Å². The van der Waals surface area contributed by atoms with E-state index in [4.69, 9.17) is 40.1 Å². The molecule has 2 fully saturated rings. The molecule has 34 heavy (non-hydrogen) atoms. The van der Waals surface area contributed by atoms with Gasteiger partial charge in [-0.05, 0) is 96.5 Å². The predicted octanol–water partition coefficient (Wildman–Crippen LogP) is 8.49. The van der Waals surface area contributed by atoms with Gasteiger partial charge in [0.05, 0.1) is 11.6 Å². The number of nitriles is 1. The summed E-state index contributed by atoms with van der Waals surface area (Å²) in [6, 6.07) is 24.9. The van der Waals surface area contributed by atoms with Gasteiger partial charge in [-0.2, -0.15) is 5.26 Å². The number of hydrogen-bond acceptors (Lipinski definition) is 2. The summed E-state index contributed by atoms with van der Waals surface area (Å²) in [5, 5.41) is 11.3. The molecule has 0 bridgehead atoms. The number of halogens is 3. The number of nitrogens with zero attached hydrogens (tertiary/aromatic N) is 2. The van der Waals surface area contributed by atoms with Crippen molar-refractivity contribution < 1.29 is 0 Å². The van der Waals surface area contributed by atoms with Gasteiger partial charge in [-0.3, -0.25) is 4.90 Å². The van der Waals surface area contributed by atoms with E-state index >= 15 is 0 Å². The summed E-state index contributed by atoms with van der Waals surface area (Å²) in [4.78, 5) is 2.62. The lowest BCUT2D eigenvalue weighted by molar-refractivity contribution is 0.225. The van der Waals surface area contributed by atoms with Crippen LogP contribution in [0.2, 0.25) is 15.1 Å². The molecule has 1 heterocycles. The van der Waals surface area contributed by atoms with Gasteiger partial charge in [-0.25, -0.2) is 0 Å². The predicted molar refractivity (Wildman–Crippen MR) is 141 cm³/mol. The van der Waals surface area contributed by atoms with Gasteiger partial charge in [0.25, 0.3) is 0 Å². The summed E-state index contributed by atoms with van der Waals surface area (Å²) in [6.45, 7) is 4.42. The minimum Gasteiger partial charge on any atom is -0.296 e. The van der Waals surface area contributed by atoms with Crippen molar-refractivity contribution in [2.75, 3.05) is 13.1 Å². The Morgan fingerprint density at radius 1 is 0.882 bits per heavy atom. The van der Waals surface area contributed by atoms with E-state index in [1.807, 2.05) is 36.4 Å². The second kappa shape index (κ2) is 9.92. The molecule has 5 atom stereocenters. The summed E-state index contributed by atoms with van der Waals surface area (Å²) >= 11 is 19.2. The zero-order valence-corrected chi connectivity index (χ0v) is 21.4. The van der Waals surface area contributed by atoms with E-state index in [1.54, 1.807) is 0 Å². The standard InChI is InChI=1S/C29H27Cl3N2/c1-18(20-4-2-19(15-33)3-5-20)34-16-22-8-12-26(25-13-11-24(31)14-28(25)32)29(27(22)17-34)21-6-9-23(30)10-7-21/h2-7,9-11,13-14,18,22,26-27,29H,8,12,16-17H2,1H3. The van der Waals surface area contributed by atoms with Crippen molar-refractivity contribution >= 4 is 34.8 Å². The molecule has 0 radical (unpaired) electrons. The fraction of sp³-hybridized carbons (Fsp3) is 0.345. The largest absolute Gasteiger partial charge is 0.296 e. The molecule has 5 rings (SSSR count). The Labute approximate surface area is 217 Å². The molecule has 2 aliphatic rings. The highest BCUT2D eigenvalue weighted by atomic mass is 35.5. The minimum atomic E-state index is 0.307. The number of rotatable bonds is 4. The molecule has 5 heteroatoms. The third-order valence-corrected chi connectivity index (χ3v) is 8.76. The molecule has 1 aliphatic carbocycles. The number of benzene rings is 3. The molecular weight excluding hydrogens is 483 g/mol. The van der Waals surface area contributed by atoms with Crippen LogP contribution in [0.4, 0.5) is 0 Å². The van der Waals surface area contributed by atoms with Crippen molar-refractivity contribution in [1.82, 2.24) is 4.90 Å². The van der Waals surface area contributed by atoms with E-state index < -0.39 is 0 Å². The Bertz CT molecular complexity index is 1200. The first-order valence-electron chi connectivity index (χ1n) is 11.9. The molecule has 1 saturated carbocycles. The van der Waals surface area contributed by atoms with E-state index in [0.717, 1.165) is 29.6 Å². The van der Waals surface area contributed by atoms with Gasteiger partial charge in [0.1, 0.15) is 0 Å². The molecule has 0 aromatic heterocycles. The summed E-state index contributed by atoms with van der Waals surface area (Å²) < 4.78 is 0. The third-order valence-electron chi connectivity index (χ3n) is 7.95. The first-order valence-corrected chi connectivity index (χ1v) is 13.0.